The molecule has 1 aromatic carbocycles. The van der Waals surface area contributed by atoms with Crippen LogP contribution in [-0.4, -0.2) is 34.7 Å². The molecule has 1 unspecified atom stereocenters. The number of carboxylic acid groups (broad SMARTS) is 1. The van der Waals surface area contributed by atoms with Crippen molar-refractivity contribution < 1.29 is 19.8 Å². The van der Waals surface area contributed by atoms with Gasteiger partial charge in [-0.05, 0) is 37.6 Å². The molecule has 1 aliphatic heterocycles. The number of benzene rings is 1. The number of aromatic carboxylic acids is 1. The number of nitrogens with one attached hydrogen (secondary N) is 2. The van der Waals surface area contributed by atoms with Crippen LogP contribution in [0.4, 0.5) is 5.69 Å². The van der Waals surface area contributed by atoms with E-state index >= 15 is 0 Å². The third-order valence-corrected chi connectivity index (χ3v) is 3.37. The summed E-state index contributed by atoms with van der Waals surface area (Å²) in [4.78, 5) is 23.0. The Morgan fingerprint density at radius 3 is 2.80 bits per heavy atom. The van der Waals surface area contributed by atoms with Gasteiger partial charge in [-0.15, -0.1) is 0 Å². The maximum Gasteiger partial charge on any atom is 0.339 e. The molecule has 6 nitrogen and oxygen atoms in total. The lowest BCUT2D eigenvalue weighted by Gasteiger charge is -2.16. The van der Waals surface area contributed by atoms with Crippen molar-refractivity contribution in [2.75, 3.05) is 11.9 Å². The molecule has 0 radical (unpaired) electrons. The summed E-state index contributed by atoms with van der Waals surface area (Å²) >= 11 is 0. The fourth-order valence-electron chi connectivity index (χ4n) is 2.27. The molecule has 4 N–H and O–H groups in total. The molecule has 2 rings (SSSR count). The highest BCUT2D eigenvalue weighted by atomic mass is 16.4. The lowest BCUT2D eigenvalue weighted by atomic mass is 10.1. The Labute approximate surface area is 116 Å². The second kappa shape index (κ2) is 6.38. The van der Waals surface area contributed by atoms with E-state index in [1.54, 1.807) is 0 Å². The number of carbonyl (C=O) groups is 2. The topological polar surface area (TPSA) is 98.7 Å². The van der Waals surface area contributed by atoms with Crippen molar-refractivity contribution in [2.24, 2.45) is 0 Å². The van der Waals surface area contributed by atoms with Crippen molar-refractivity contribution in [1.29, 1.82) is 0 Å². The largest absolute Gasteiger partial charge is 0.507 e. The minimum absolute atomic E-state index is 0.172. The van der Waals surface area contributed by atoms with Crippen molar-refractivity contribution in [2.45, 2.75) is 31.7 Å². The quantitative estimate of drug-likeness (QED) is 0.629. The zero-order valence-corrected chi connectivity index (χ0v) is 11.1. The van der Waals surface area contributed by atoms with Crippen LogP contribution >= 0.6 is 0 Å². The van der Waals surface area contributed by atoms with Crippen LogP contribution in [0.3, 0.4) is 0 Å². The Hall–Kier alpha value is -2.08. The normalized spacial score (nSPS) is 19.1. The van der Waals surface area contributed by atoms with E-state index in [9.17, 15) is 14.7 Å². The number of carboxylic acids is 1. The first-order valence-corrected chi connectivity index (χ1v) is 6.68. The molecule has 1 fully saturated rings. The zero-order chi connectivity index (χ0) is 14.5. The number of rotatable bonds is 3. The number of anilines is 1. The van der Waals surface area contributed by atoms with Gasteiger partial charge in [-0.2, -0.15) is 0 Å². The Balaban J connectivity index is 2.07. The number of hydrogen-bond donors (Lipinski definition) is 4. The van der Waals surface area contributed by atoms with Crippen molar-refractivity contribution in [3.63, 3.8) is 0 Å². The second-order valence-corrected chi connectivity index (χ2v) is 4.88. The fourth-order valence-corrected chi connectivity index (χ4v) is 2.27. The molecule has 0 bridgehead atoms. The molecule has 0 spiro atoms. The van der Waals surface area contributed by atoms with Gasteiger partial charge in [-0.1, -0.05) is 12.8 Å². The number of hydrogen-bond acceptors (Lipinski definition) is 4. The highest BCUT2D eigenvalue weighted by Gasteiger charge is 2.20. The molecule has 0 aliphatic carbocycles. The van der Waals surface area contributed by atoms with Crippen LogP contribution < -0.4 is 10.6 Å². The molecule has 0 aromatic heterocycles. The summed E-state index contributed by atoms with van der Waals surface area (Å²) in [6.45, 7) is 0.814. The Kier molecular flexibility index (Phi) is 4.57. The molecule has 0 saturated carbocycles. The van der Waals surface area contributed by atoms with Crippen molar-refractivity contribution in [3.05, 3.63) is 23.8 Å². The van der Waals surface area contributed by atoms with Crippen LogP contribution in [-0.2, 0) is 4.79 Å². The van der Waals surface area contributed by atoms with E-state index in [0.29, 0.717) is 5.69 Å². The SMILES string of the molecule is O=C(O)c1cc(NC(=O)C2CCCCCN2)ccc1O. The molecule has 6 heteroatoms. The summed E-state index contributed by atoms with van der Waals surface area (Å²) in [5.74, 6) is -1.72. The van der Waals surface area contributed by atoms with E-state index in [1.807, 2.05) is 0 Å². The lowest BCUT2D eigenvalue weighted by Crippen LogP contribution is -2.39. The van der Waals surface area contributed by atoms with E-state index < -0.39 is 5.97 Å². The van der Waals surface area contributed by atoms with Crippen LogP contribution in [0, 0.1) is 0 Å². The van der Waals surface area contributed by atoms with E-state index in [1.165, 1.54) is 18.2 Å². The van der Waals surface area contributed by atoms with Crippen LogP contribution in [0.25, 0.3) is 0 Å². The predicted molar refractivity (Wildman–Crippen MR) is 74.0 cm³/mol. The molecule has 1 saturated heterocycles. The van der Waals surface area contributed by atoms with Gasteiger partial charge in [0.25, 0.3) is 0 Å². The van der Waals surface area contributed by atoms with Gasteiger partial charge in [0.15, 0.2) is 0 Å². The average molecular weight is 278 g/mol. The number of phenols is 1. The molecule has 1 heterocycles. The standard InChI is InChI=1S/C14H18N2O4/c17-12-6-5-9(8-10(12)14(19)20)16-13(18)11-4-2-1-3-7-15-11/h5-6,8,11,15,17H,1-4,7H2,(H,16,18)(H,19,20). The smallest absolute Gasteiger partial charge is 0.339 e. The second-order valence-electron chi connectivity index (χ2n) is 4.88. The summed E-state index contributed by atoms with van der Waals surface area (Å²) in [7, 11) is 0. The lowest BCUT2D eigenvalue weighted by molar-refractivity contribution is -0.118. The molecule has 1 aliphatic rings. The highest BCUT2D eigenvalue weighted by Crippen LogP contribution is 2.22. The summed E-state index contributed by atoms with van der Waals surface area (Å²) in [6, 6.07) is 3.75. The van der Waals surface area contributed by atoms with Crippen molar-refractivity contribution >= 4 is 17.6 Å². The van der Waals surface area contributed by atoms with Gasteiger partial charge in [0.2, 0.25) is 5.91 Å². The molecule has 1 atom stereocenters. The van der Waals surface area contributed by atoms with Crippen molar-refractivity contribution in [3.8, 4) is 5.75 Å². The van der Waals surface area contributed by atoms with Gasteiger partial charge in [0.05, 0.1) is 6.04 Å². The van der Waals surface area contributed by atoms with Crippen LogP contribution in [0.5, 0.6) is 5.75 Å². The highest BCUT2D eigenvalue weighted by molar-refractivity contribution is 5.97. The van der Waals surface area contributed by atoms with Gasteiger partial charge >= 0.3 is 5.97 Å². The zero-order valence-electron chi connectivity index (χ0n) is 11.1. The van der Waals surface area contributed by atoms with E-state index in [2.05, 4.69) is 10.6 Å². The number of carbonyl (C=O) groups excluding carboxylic acids is 1. The Bertz CT molecular complexity index is 508. The monoisotopic (exact) mass is 278 g/mol. The van der Waals surface area contributed by atoms with Crippen LogP contribution in [0.2, 0.25) is 0 Å². The van der Waals surface area contributed by atoms with E-state index in [0.717, 1.165) is 32.2 Å². The number of amides is 1. The van der Waals surface area contributed by atoms with Gasteiger partial charge in [-0.3, -0.25) is 4.79 Å². The maximum absolute atomic E-state index is 12.1. The van der Waals surface area contributed by atoms with Gasteiger partial charge in [0, 0.05) is 5.69 Å². The van der Waals surface area contributed by atoms with E-state index in [-0.39, 0.29) is 23.3 Å². The first kappa shape index (κ1) is 14.3. The van der Waals surface area contributed by atoms with E-state index in [4.69, 9.17) is 5.11 Å². The Morgan fingerprint density at radius 2 is 2.05 bits per heavy atom. The molecule has 108 valence electrons. The van der Waals surface area contributed by atoms with Gasteiger partial charge < -0.3 is 20.8 Å². The van der Waals surface area contributed by atoms with Gasteiger partial charge in [0.1, 0.15) is 11.3 Å². The van der Waals surface area contributed by atoms with Crippen LogP contribution in [0.15, 0.2) is 18.2 Å². The molecule has 20 heavy (non-hydrogen) atoms. The molecule has 1 aromatic rings. The number of aromatic hydroxyl groups is 1. The van der Waals surface area contributed by atoms with Crippen molar-refractivity contribution in [1.82, 2.24) is 5.32 Å². The summed E-state index contributed by atoms with van der Waals surface area (Å²) in [5, 5.41) is 24.2. The minimum atomic E-state index is -1.23. The van der Waals surface area contributed by atoms with Crippen LogP contribution in [0.1, 0.15) is 36.0 Å². The average Bonchev–Trinajstić information content (AvgIpc) is 2.69. The Morgan fingerprint density at radius 1 is 1.25 bits per heavy atom. The predicted octanol–water partition coefficient (Wildman–Crippen LogP) is 1.56. The molecule has 1 amide bonds. The molecular formula is C14H18N2O4. The summed E-state index contributed by atoms with van der Waals surface area (Å²) in [6.07, 6.45) is 3.95. The minimum Gasteiger partial charge on any atom is -0.507 e. The van der Waals surface area contributed by atoms with Gasteiger partial charge in [-0.25, -0.2) is 4.79 Å². The fraction of sp³-hybridized carbons (Fsp3) is 0.429. The third-order valence-electron chi connectivity index (χ3n) is 3.37. The first-order valence-electron chi connectivity index (χ1n) is 6.68. The molecular weight excluding hydrogens is 260 g/mol. The third kappa shape index (κ3) is 3.48. The maximum atomic E-state index is 12.1. The summed E-state index contributed by atoms with van der Waals surface area (Å²) in [5.41, 5.74) is 0.146. The summed E-state index contributed by atoms with van der Waals surface area (Å²) < 4.78 is 0. The first-order chi connectivity index (χ1) is 9.58.